The maximum absolute atomic E-state index is 13.9. The van der Waals surface area contributed by atoms with Crippen LogP contribution in [-0.2, 0) is 11.0 Å². The number of anilines is 2. The van der Waals surface area contributed by atoms with Crippen LogP contribution in [0.25, 0.3) is 0 Å². The minimum absolute atomic E-state index is 0.149. The molecule has 1 unspecified atom stereocenters. The number of halogens is 7. The Kier molecular flexibility index (Phi) is 6.48. The van der Waals surface area contributed by atoms with E-state index in [4.69, 9.17) is 5.73 Å². The van der Waals surface area contributed by atoms with E-state index in [9.17, 15) is 35.5 Å². The van der Waals surface area contributed by atoms with Crippen molar-refractivity contribution in [2.45, 2.75) is 29.7 Å². The lowest BCUT2D eigenvalue weighted by Crippen LogP contribution is -2.27. The molecule has 0 aromatic heterocycles. The number of nitrogen functional groups attached to an aromatic ring is 1. The Labute approximate surface area is 159 Å². The lowest BCUT2D eigenvalue weighted by atomic mass is 10.1. The zero-order valence-electron chi connectivity index (χ0n) is 14.1. The van der Waals surface area contributed by atoms with Gasteiger partial charge in [-0.25, -0.2) is 17.6 Å². The van der Waals surface area contributed by atoms with E-state index in [2.05, 4.69) is 0 Å². The quantitative estimate of drug-likeness (QED) is 0.293. The van der Waals surface area contributed by atoms with Crippen LogP contribution in [0.4, 0.5) is 42.1 Å². The van der Waals surface area contributed by atoms with Crippen LogP contribution in [0, 0.1) is 23.3 Å². The van der Waals surface area contributed by atoms with E-state index in [0.29, 0.717) is 10.6 Å². The van der Waals surface area contributed by atoms with E-state index >= 15 is 0 Å². The van der Waals surface area contributed by atoms with Gasteiger partial charge in [-0.1, -0.05) is 6.92 Å². The molecular weight excluding hydrogens is 413 g/mol. The molecule has 0 saturated heterocycles. The molecule has 0 aliphatic rings. The van der Waals surface area contributed by atoms with Crippen molar-refractivity contribution < 1.29 is 35.5 Å². The number of alkyl halides is 3. The third-order valence-corrected chi connectivity index (χ3v) is 4.99. The van der Waals surface area contributed by atoms with E-state index in [-0.39, 0.29) is 6.42 Å². The third-order valence-electron chi connectivity index (χ3n) is 3.62. The van der Waals surface area contributed by atoms with Crippen molar-refractivity contribution in [1.82, 2.24) is 0 Å². The van der Waals surface area contributed by atoms with Crippen LogP contribution in [0.15, 0.2) is 29.2 Å². The van der Waals surface area contributed by atoms with E-state index in [0.717, 1.165) is 11.8 Å². The van der Waals surface area contributed by atoms with Crippen molar-refractivity contribution >= 4 is 29.0 Å². The molecule has 1 amide bonds. The molecule has 2 aromatic rings. The van der Waals surface area contributed by atoms with Crippen molar-refractivity contribution in [1.29, 1.82) is 0 Å². The zero-order chi connectivity index (χ0) is 21.2. The summed E-state index contributed by atoms with van der Waals surface area (Å²) in [6.07, 6.45) is -5.51. The monoisotopic (exact) mass is 426 g/mol. The molecule has 2 rings (SSSR count). The largest absolute Gasteiger partial charge is 0.422 e. The highest BCUT2D eigenvalue weighted by Gasteiger charge is 2.42. The standard InChI is InChI=1S/C17H13F7N2OS/c1-2-9(28-8-5-3-7(25)4-6-8)16(27)26-15-13(20)11(18)10(17(22,23)24)12(19)14(15)21/h3-6,9H,2,25H2,1H3,(H,26,27). The molecule has 0 heterocycles. The molecule has 28 heavy (non-hydrogen) atoms. The lowest BCUT2D eigenvalue weighted by molar-refractivity contribution is -0.143. The molecule has 0 fully saturated rings. The first kappa shape index (κ1) is 21.9. The van der Waals surface area contributed by atoms with Gasteiger partial charge in [0.25, 0.3) is 0 Å². The second-order valence-corrected chi connectivity index (χ2v) is 6.85. The second kappa shape index (κ2) is 8.29. The fraction of sp³-hybridized carbons (Fsp3) is 0.235. The number of benzene rings is 2. The third kappa shape index (κ3) is 4.51. The zero-order valence-corrected chi connectivity index (χ0v) is 14.9. The summed E-state index contributed by atoms with van der Waals surface area (Å²) in [5, 5.41) is 0.691. The van der Waals surface area contributed by atoms with E-state index in [1.165, 1.54) is 0 Å². The van der Waals surface area contributed by atoms with Gasteiger partial charge in [0, 0.05) is 10.6 Å². The van der Waals surface area contributed by atoms with Crippen LogP contribution in [0.5, 0.6) is 0 Å². The van der Waals surface area contributed by atoms with Gasteiger partial charge in [0.05, 0.1) is 5.25 Å². The summed E-state index contributed by atoms with van der Waals surface area (Å²) in [6, 6.07) is 6.25. The smallest absolute Gasteiger partial charge is 0.399 e. The van der Waals surface area contributed by atoms with Gasteiger partial charge in [-0.15, -0.1) is 11.8 Å². The van der Waals surface area contributed by atoms with Crippen LogP contribution in [0.2, 0.25) is 0 Å². The fourth-order valence-corrected chi connectivity index (χ4v) is 3.18. The highest BCUT2D eigenvalue weighted by atomic mass is 32.2. The predicted molar refractivity (Wildman–Crippen MR) is 90.7 cm³/mol. The summed E-state index contributed by atoms with van der Waals surface area (Å²) in [7, 11) is 0. The minimum atomic E-state index is -5.66. The SMILES string of the molecule is CCC(Sc1ccc(N)cc1)C(=O)Nc1c(F)c(F)c(C(F)(F)F)c(F)c1F. The number of nitrogens with one attached hydrogen (secondary N) is 1. The minimum Gasteiger partial charge on any atom is -0.399 e. The summed E-state index contributed by atoms with van der Waals surface area (Å²) in [5.41, 5.74) is 1.67. The number of thioether (sulfide) groups is 1. The van der Waals surface area contributed by atoms with Gasteiger partial charge < -0.3 is 11.1 Å². The van der Waals surface area contributed by atoms with E-state index in [1.54, 1.807) is 36.5 Å². The van der Waals surface area contributed by atoms with Gasteiger partial charge in [-0.2, -0.15) is 13.2 Å². The van der Waals surface area contributed by atoms with Crippen LogP contribution in [0.3, 0.4) is 0 Å². The van der Waals surface area contributed by atoms with Crippen molar-refractivity contribution in [3.05, 3.63) is 53.1 Å². The lowest BCUT2D eigenvalue weighted by Gasteiger charge is -2.18. The Morgan fingerprint density at radius 2 is 1.54 bits per heavy atom. The van der Waals surface area contributed by atoms with E-state index in [1.807, 2.05) is 0 Å². The Morgan fingerprint density at radius 3 is 1.96 bits per heavy atom. The first-order valence-electron chi connectivity index (χ1n) is 7.73. The normalized spacial score (nSPS) is 12.7. The van der Waals surface area contributed by atoms with Crippen molar-refractivity contribution in [3.8, 4) is 0 Å². The number of carbonyl (C=O) groups is 1. The van der Waals surface area contributed by atoms with Gasteiger partial charge in [0.15, 0.2) is 23.3 Å². The molecule has 0 radical (unpaired) electrons. The van der Waals surface area contributed by atoms with Crippen molar-refractivity contribution in [2.75, 3.05) is 11.1 Å². The average molecular weight is 426 g/mol. The van der Waals surface area contributed by atoms with Gasteiger partial charge in [0.1, 0.15) is 11.3 Å². The maximum Gasteiger partial charge on any atom is 0.422 e. The maximum atomic E-state index is 13.9. The summed E-state index contributed by atoms with van der Waals surface area (Å²) in [6.45, 7) is 1.56. The Hall–Kier alpha value is -2.43. The van der Waals surface area contributed by atoms with Crippen LogP contribution in [0.1, 0.15) is 18.9 Å². The topological polar surface area (TPSA) is 55.1 Å². The van der Waals surface area contributed by atoms with Gasteiger partial charge in [-0.3, -0.25) is 4.79 Å². The van der Waals surface area contributed by atoms with Gasteiger partial charge >= 0.3 is 6.18 Å². The van der Waals surface area contributed by atoms with Crippen LogP contribution in [-0.4, -0.2) is 11.2 Å². The molecule has 0 aliphatic heterocycles. The van der Waals surface area contributed by atoms with Crippen molar-refractivity contribution in [3.63, 3.8) is 0 Å². The molecular formula is C17H13F7N2OS. The van der Waals surface area contributed by atoms with Crippen LogP contribution >= 0.6 is 11.8 Å². The Balaban J connectivity index is 2.33. The molecule has 0 aliphatic carbocycles. The number of rotatable bonds is 5. The summed E-state index contributed by atoms with van der Waals surface area (Å²) < 4.78 is 92.9. The molecule has 0 saturated carbocycles. The molecule has 3 nitrogen and oxygen atoms in total. The number of amides is 1. The summed E-state index contributed by atoms with van der Waals surface area (Å²) in [4.78, 5) is 12.8. The van der Waals surface area contributed by atoms with E-state index < -0.39 is 51.9 Å². The van der Waals surface area contributed by atoms with Gasteiger partial charge in [-0.05, 0) is 30.7 Å². The fourth-order valence-electron chi connectivity index (χ4n) is 2.23. The first-order valence-corrected chi connectivity index (χ1v) is 8.61. The molecule has 0 spiro atoms. The first-order chi connectivity index (χ1) is 13.0. The molecule has 1 atom stereocenters. The number of hydrogen-bond acceptors (Lipinski definition) is 3. The number of hydrogen-bond donors (Lipinski definition) is 2. The average Bonchev–Trinajstić information content (AvgIpc) is 2.62. The Morgan fingerprint density at radius 1 is 1.04 bits per heavy atom. The number of nitrogens with two attached hydrogens (primary N) is 1. The molecule has 2 aromatic carbocycles. The molecule has 152 valence electrons. The van der Waals surface area contributed by atoms with Gasteiger partial charge in [0.2, 0.25) is 5.91 Å². The van der Waals surface area contributed by atoms with Crippen LogP contribution < -0.4 is 11.1 Å². The predicted octanol–water partition coefficient (Wildman–Crippen LogP) is 5.35. The summed E-state index contributed by atoms with van der Waals surface area (Å²) >= 11 is 0.972. The molecule has 3 N–H and O–H groups in total. The molecule has 0 bridgehead atoms. The second-order valence-electron chi connectivity index (χ2n) is 5.58. The number of carbonyl (C=O) groups excluding carboxylic acids is 1. The molecule has 11 heteroatoms. The highest BCUT2D eigenvalue weighted by Crippen LogP contribution is 2.38. The Bertz CT molecular complexity index is 856. The highest BCUT2D eigenvalue weighted by molar-refractivity contribution is 8.00. The summed E-state index contributed by atoms with van der Waals surface area (Å²) in [5.74, 6) is -11.0. The van der Waals surface area contributed by atoms with Crippen molar-refractivity contribution in [2.24, 2.45) is 0 Å².